The monoisotopic (exact) mass is 386 g/mol. The topological polar surface area (TPSA) is 40.1 Å². The number of rotatable bonds is 6. The van der Waals surface area contributed by atoms with Crippen LogP contribution in [0.1, 0.15) is 18.9 Å². The molecule has 152 valence electrons. The molecule has 1 aromatic rings. The van der Waals surface area contributed by atoms with E-state index in [1.807, 2.05) is 23.1 Å². The normalized spacial score (nSPS) is 17.7. The molecule has 2 rings (SSSR count). The Kier molecular flexibility index (Phi) is 7.77. The number of nitrogens with zero attached hydrogens (tertiary/aromatic N) is 3. The Morgan fingerprint density at radius 1 is 1.26 bits per heavy atom. The number of halogens is 3. The molecule has 1 heterocycles. The van der Waals surface area contributed by atoms with Gasteiger partial charge >= 0.3 is 6.18 Å². The Bertz CT molecular complexity index is 613. The number of aryl methyl sites for hydroxylation is 1. The highest BCUT2D eigenvalue weighted by Crippen LogP contribution is 2.25. The largest absolute Gasteiger partial charge is 0.497 e. The van der Waals surface area contributed by atoms with E-state index in [2.05, 4.69) is 16.4 Å². The van der Waals surface area contributed by atoms with Crippen molar-refractivity contribution >= 4 is 5.96 Å². The van der Waals surface area contributed by atoms with E-state index in [0.717, 1.165) is 31.1 Å². The van der Waals surface area contributed by atoms with Gasteiger partial charge in [0.2, 0.25) is 0 Å². The Morgan fingerprint density at radius 2 is 1.96 bits per heavy atom. The van der Waals surface area contributed by atoms with Gasteiger partial charge in [0.05, 0.1) is 7.11 Å². The molecule has 0 spiro atoms. The third-order valence-electron chi connectivity index (χ3n) is 4.91. The van der Waals surface area contributed by atoms with Crippen molar-refractivity contribution in [2.75, 3.05) is 46.9 Å². The fourth-order valence-corrected chi connectivity index (χ4v) is 3.18. The van der Waals surface area contributed by atoms with Crippen molar-refractivity contribution in [1.29, 1.82) is 0 Å². The number of alkyl halides is 3. The summed E-state index contributed by atoms with van der Waals surface area (Å²) in [6.45, 7) is 3.81. The average molecular weight is 386 g/mol. The number of nitrogens with one attached hydrogen (secondary N) is 1. The zero-order chi connectivity index (χ0) is 19.9. The summed E-state index contributed by atoms with van der Waals surface area (Å²) in [7, 11) is 3.36. The van der Waals surface area contributed by atoms with Gasteiger partial charge in [0.1, 0.15) is 11.8 Å². The summed E-state index contributed by atoms with van der Waals surface area (Å²) in [6.07, 6.45) is -2.34. The highest BCUT2D eigenvalue weighted by molar-refractivity contribution is 5.79. The van der Waals surface area contributed by atoms with Crippen LogP contribution in [0.15, 0.2) is 29.3 Å². The fraction of sp³-hybridized carbons (Fsp3) is 0.632. The van der Waals surface area contributed by atoms with Gasteiger partial charge in [0, 0.05) is 39.8 Å². The number of benzene rings is 1. The van der Waals surface area contributed by atoms with E-state index >= 15 is 0 Å². The zero-order valence-electron chi connectivity index (χ0n) is 16.2. The molecule has 0 saturated carbocycles. The summed E-state index contributed by atoms with van der Waals surface area (Å²) in [6, 6.07) is 6.58. The van der Waals surface area contributed by atoms with Crippen molar-refractivity contribution in [3.05, 3.63) is 29.8 Å². The third kappa shape index (κ3) is 6.30. The van der Waals surface area contributed by atoms with Crippen molar-refractivity contribution in [2.45, 2.75) is 32.0 Å². The van der Waals surface area contributed by atoms with Gasteiger partial charge in [-0.1, -0.05) is 12.1 Å². The van der Waals surface area contributed by atoms with Crippen LogP contribution in [0.3, 0.4) is 0 Å². The summed E-state index contributed by atoms with van der Waals surface area (Å²) < 4.78 is 43.8. The van der Waals surface area contributed by atoms with Crippen LogP contribution in [0.2, 0.25) is 0 Å². The molecule has 1 aliphatic heterocycles. The Hall–Kier alpha value is -1.96. The molecule has 0 radical (unpaired) electrons. The molecule has 1 atom stereocenters. The van der Waals surface area contributed by atoms with Crippen LogP contribution >= 0.6 is 0 Å². The standard InChI is InChI=1S/C19H29F3N4O/c1-15(19(20,21)22)25-10-12-26(13-11-25)18(23-2)24-9-5-7-16-6-4-8-17(14-16)27-3/h4,6,8,14-15H,5,7,9-13H2,1-3H3,(H,23,24). The number of hydrogen-bond donors (Lipinski definition) is 1. The third-order valence-corrected chi connectivity index (χ3v) is 4.91. The molecule has 0 aliphatic carbocycles. The highest BCUT2D eigenvalue weighted by Gasteiger charge is 2.41. The van der Waals surface area contributed by atoms with Crippen LogP contribution in [0.25, 0.3) is 0 Å². The Morgan fingerprint density at radius 3 is 2.56 bits per heavy atom. The molecule has 1 saturated heterocycles. The molecular weight excluding hydrogens is 357 g/mol. The summed E-state index contributed by atoms with van der Waals surface area (Å²) in [5, 5.41) is 3.32. The molecule has 1 aromatic carbocycles. The lowest BCUT2D eigenvalue weighted by Crippen LogP contribution is -2.56. The van der Waals surface area contributed by atoms with Gasteiger partial charge in [-0.3, -0.25) is 9.89 Å². The number of guanidine groups is 1. The van der Waals surface area contributed by atoms with Crippen molar-refractivity contribution in [3.63, 3.8) is 0 Å². The highest BCUT2D eigenvalue weighted by atomic mass is 19.4. The number of methoxy groups -OCH3 is 1. The van der Waals surface area contributed by atoms with Crippen molar-refractivity contribution < 1.29 is 17.9 Å². The fourth-order valence-electron chi connectivity index (χ4n) is 3.18. The van der Waals surface area contributed by atoms with Gasteiger partial charge in [-0.2, -0.15) is 13.2 Å². The Balaban J connectivity index is 1.74. The van der Waals surface area contributed by atoms with Gasteiger partial charge < -0.3 is 15.0 Å². The smallest absolute Gasteiger partial charge is 0.403 e. The van der Waals surface area contributed by atoms with Gasteiger partial charge in [0.25, 0.3) is 0 Å². The van der Waals surface area contributed by atoms with Crippen molar-refractivity contribution in [1.82, 2.24) is 15.1 Å². The van der Waals surface area contributed by atoms with Crippen LogP contribution in [0.4, 0.5) is 13.2 Å². The maximum atomic E-state index is 12.8. The van der Waals surface area contributed by atoms with Gasteiger partial charge in [-0.25, -0.2) is 0 Å². The first-order valence-corrected chi connectivity index (χ1v) is 9.24. The van der Waals surface area contributed by atoms with E-state index in [9.17, 15) is 13.2 Å². The number of hydrogen-bond acceptors (Lipinski definition) is 3. The van der Waals surface area contributed by atoms with E-state index in [1.54, 1.807) is 14.2 Å². The molecular formula is C19H29F3N4O. The molecule has 0 aromatic heterocycles. The number of piperazine rings is 1. The van der Waals surface area contributed by atoms with E-state index < -0.39 is 12.2 Å². The molecule has 27 heavy (non-hydrogen) atoms. The summed E-state index contributed by atoms with van der Waals surface area (Å²) in [5.74, 6) is 1.60. The van der Waals surface area contributed by atoms with Crippen LogP contribution in [-0.4, -0.2) is 74.9 Å². The lowest BCUT2D eigenvalue weighted by molar-refractivity contribution is -0.181. The summed E-state index contributed by atoms with van der Waals surface area (Å²) >= 11 is 0. The second-order valence-electron chi connectivity index (χ2n) is 6.67. The molecule has 1 unspecified atom stereocenters. The maximum absolute atomic E-state index is 12.8. The van der Waals surface area contributed by atoms with E-state index in [1.165, 1.54) is 17.4 Å². The van der Waals surface area contributed by atoms with Gasteiger partial charge in [0.15, 0.2) is 5.96 Å². The first-order valence-electron chi connectivity index (χ1n) is 9.24. The zero-order valence-corrected chi connectivity index (χ0v) is 16.2. The first kappa shape index (κ1) is 21.3. The molecule has 1 N–H and O–H groups in total. The molecule has 0 amide bonds. The maximum Gasteiger partial charge on any atom is 0.403 e. The lowest BCUT2D eigenvalue weighted by atomic mass is 10.1. The molecule has 8 heteroatoms. The molecule has 0 bridgehead atoms. The van der Waals surface area contributed by atoms with Crippen molar-refractivity contribution in [3.8, 4) is 5.75 Å². The van der Waals surface area contributed by atoms with Gasteiger partial charge in [-0.15, -0.1) is 0 Å². The molecule has 1 aliphatic rings. The van der Waals surface area contributed by atoms with E-state index in [4.69, 9.17) is 4.74 Å². The predicted octanol–water partition coefficient (Wildman–Crippen LogP) is 2.77. The van der Waals surface area contributed by atoms with E-state index in [0.29, 0.717) is 26.2 Å². The second kappa shape index (κ2) is 9.82. The minimum atomic E-state index is -4.18. The van der Waals surface area contributed by atoms with Crippen LogP contribution in [0, 0.1) is 0 Å². The first-order chi connectivity index (χ1) is 12.8. The van der Waals surface area contributed by atoms with Crippen LogP contribution in [0.5, 0.6) is 5.75 Å². The van der Waals surface area contributed by atoms with Crippen LogP contribution in [-0.2, 0) is 6.42 Å². The minimum absolute atomic E-state index is 0.380. The minimum Gasteiger partial charge on any atom is -0.497 e. The number of aliphatic imine (C=N–C) groups is 1. The average Bonchev–Trinajstić information content (AvgIpc) is 2.67. The lowest BCUT2D eigenvalue weighted by Gasteiger charge is -2.39. The molecule has 1 fully saturated rings. The van der Waals surface area contributed by atoms with E-state index in [-0.39, 0.29) is 0 Å². The summed E-state index contributed by atoms with van der Waals surface area (Å²) in [5.41, 5.74) is 1.21. The van der Waals surface area contributed by atoms with Crippen molar-refractivity contribution in [2.24, 2.45) is 4.99 Å². The molecule has 5 nitrogen and oxygen atoms in total. The summed E-state index contributed by atoms with van der Waals surface area (Å²) in [4.78, 5) is 7.77. The predicted molar refractivity (Wildman–Crippen MR) is 101 cm³/mol. The second-order valence-corrected chi connectivity index (χ2v) is 6.67. The van der Waals surface area contributed by atoms with Crippen LogP contribution < -0.4 is 10.1 Å². The SMILES string of the molecule is CN=C(NCCCc1cccc(OC)c1)N1CCN(C(C)C(F)(F)F)CC1. The van der Waals surface area contributed by atoms with Gasteiger partial charge in [-0.05, 0) is 37.5 Å². The quantitative estimate of drug-likeness (QED) is 0.464. The Labute approximate surface area is 159 Å². The number of ether oxygens (including phenoxy) is 1.